The quantitative estimate of drug-likeness (QED) is 0.134. The number of nitrogens with zero attached hydrogens (tertiary/aromatic N) is 10. The Kier molecular flexibility index (Phi) is 21.4. The van der Waals surface area contributed by atoms with E-state index in [1.165, 1.54) is 15.3 Å². The molecule has 0 spiro atoms. The highest BCUT2D eigenvalue weighted by Gasteiger charge is 2.04. The normalized spacial score (nSPS) is 9.88. The van der Waals surface area contributed by atoms with Gasteiger partial charge in [-0.2, -0.15) is 0 Å². The Morgan fingerprint density at radius 3 is 1.02 bits per heavy atom. The van der Waals surface area contributed by atoms with Crippen LogP contribution in [0.15, 0.2) is 93.6 Å². The molecule has 0 fully saturated rings. The fraction of sp³-hybridized carbons (Fsp3) is 0.500. The maximum atomic E-state index is 7.00. The van der Waals surface area contributed by atoms with E-state index in [2.05, 4.69) is 162 Å². The molecule has 13 heteroatoms. The molecule has 0 aliphatic heterocycles. The minimum Gasteiger partial charge on any atom is -0.400 e. The molecule has 11 nitrogen and oxygen atoms in total. The second kappa shape index (κ2) is 23.9. The van der Waals surface area contributed by atoms with Crippen LogP contribution < -0.4 is 18.3 Å². The fourth-order valence-electron chi connectivity index (χ4n) is 3.78. The van der Waals surface area contributed by atoms with E-state index in [-0.39, 0.29) is 0 Å². The molecule has 0 aromatic carbocycles. The number of aromatic nitrogens is 10. The van der Waals surface area contributed by atoms with Crippen molar-refractivity contribution in [2.24, 2.45) is 35.2 Å². The summed E-state index contributed by atoms with van der Waals surface area (Å²) in [6, 6.07) is 0. The lowest BCUT2D eigenvalue weighted by Crippen LogP contribution is -2.24. The van der Waals surface area contributed by atoms with E-state index in [9.17, 15) is 0 Å². The first-order chi connectivity index (χ1) is 20.8. The number of rotatable bonds is 10. The highest BCUT2D eigenvalue weighted by atomic mass is 127. The van der Waals surface area contributed by atoms with Gasteiger partial charge in [-0.3, -0.25) is 0 Å². The lowest BCUT2D eigenvalue weighted by atomic mass is 10.4. The third kappa shape index (κ3) is 18.7. The monoisotopic (exact) mass is 822 g/mol. The molecule has 0 aliphatic carbocycles. The van der Waals surface area contributed by atoms with Gasteiger partial charge in [0.05, 0.1) is 60.7 Å². The van der Waals surface area contributed by atoms with Crippen molar-refractivity contribution in [3.63, 3.8) is 0 Å². The van der Waals surface area contributed by atoms with E-state index in [4.69, 9.17) is 5.11 Å². The fourth-order valence-corrected chi connectivity index (χ4v) is 6.01. The van der Waals surface area contributed by atoms with Crippen molar-refractivity contribution >= 4 is 45.2 Å². The lowest BCUT2D eigenvalue weighted by molar-refractivity contribution is -0.671. The summed E-state index contributed by atoms with van der Waals surface area (Å²) in [5, 5.41) is 7.00. The number of hydrogen-bond donors (Lipinski definition) is 1. The van der Waals surface area contributed by atoms with Crippen LogP contribution in [0.5, 0.6) is 0 Å². The molecule has 0 amide bonds. The average molecular weight is 823 g/mol. The van der Waals surface area contributed by atoms with Gasteiger partial charge in [0.1, 0.15) is 49.6 Å². The van der Waals surface area contributed by atoms with Gasteiger partial charge in [0.15, 0.2) is 0 Å². The third-order valence-electron chi connectivity index (χ3n) is 5.86. The molecule has 1 N–H and O–H groups in total. The summed E-state index contributed by atoms with van der Waals surface area (Å²) in [7, 11) is 11.1. The molecule has 0 atom stereocenters. The van der Waals surface area contributed by atoms with Gasteiger partial charge in [0, 0.05) is 48.2 Å². The maximum absolute atomic E-state index is 7.00. The van der Waals surface area contributed by atoms with Crippen LogP contribution in [0.3, 0.4) is 0 Å². The largest absolute Gasteiger partial charge is 0.400 e. The van der Waals surface area contributed by atoms with Gasteiger partial charge < -0.3 is 9.67 Å². The van der Waals surface area contributed by atoms with E-state index in [1.54, 1.807) is 12.5 Å². The van der Waals surface area contributed by atoms with Crippen LogP contribution in [0.1, 0.15) is 19.3 Å². The third-order valence-corrected chi connectivity index (χ3v) is 7.39. The van der Waals surface area contributed by atoms with Gasteiger partial charge in [0.2, 0.25) is 25.3 Å². The van der Waals surface area contributed by atoms with Crippen molar-refractivity contribution in [2.75, 3.05) is 16.0 Å². The number of aliphatic hydroxyl groups is 1. The topological polar surface area (TPSA) is 73.3 Å². The van der Waals surface area contributed by atoms with Crippen molar-refractivity contribution in [3.8, 4) is 0 Å². The molecular weight excluding hydrogens is 770 g/mol. The Morgan fingerprint density at radius 1 is 0.558 bits per heavy atom. The number of imidazole rings is 5. The predicted molar refractivity (Wildman–Crippen MR) is 185 cm³/mol. The van der Waals surface area contributed by atoms with Gasteiger partial charge in [-0.05, 0) is 6.42 Å². The standard InChI is InChI=1S/2C11H18N4.C4H6N2.C3H6I2.CH4O/c2*1-12-6-8-14(10-12)4-3-5-15-9-7-13(2)11-15;1-6-3-2-5-4-6;4-2-1-3-5;1-2/h2*6-11H,3-5H2,1-2H3;2-4H,1H3;1-3H2;2H,1H3/q2*+2;;;. The van der Waals surface area contributed by atoms with E-state index < -0.39 is 0 Å². The number of hydrogen-bond acceptors (Lipinski definition) is 2. The first kappa shape index (κ1) is 38.5. The smallest absolute Gasteiger partial charge is 0.243 e. The summed E-state index contributed by atoms with van der Waals surface area (Å²) in [5.74, 6) is 0. The summed E-state index contributed by atoms with van der Waals surface area (Å²) in [5.41, 5.74) is 0. The average Bonchev–Trinajstić information content (AvgIpc) is 3.84. The second-order valence-corrected chi connectivity index (χ2v) is 12.1. The maximum Gasteiger partial charge on any atom is 0.243 e. The summed E-state index contributed by atoms with van der Waals surface area (Å²) in [6.07, 6.45) is 34.2. The molecule has 5 aromatic heterocycles. The molecule has 0 saturated heterocycles. The van der Waals surface area contributed by atoms with Gasteiger partial charge in [-0.25, -0.2) is 41.5 Å². The minimum atomic E-state index is 1.00. The number of alkyl halides is 2. The van der Waals surface area contributed by atoms with Crippen LogP contribution >= 0.6 is 45.2 Å². The highest BCUT2D eigenvalue weighted by Crippen LogP contribution is 1.95. The van der Waals surface area contributed by atoms with E-state index >= 15 is 0 Å². The van der Waals surface area contributed by atoms with Crippen molar-refractivity contribution < 1.29 is 23.4 Å². The molecule has 238 valence electrons. The summed E-state index contributed by atoms with van der Waals surface area (Å²) < 4.78 is 21.6. The minimum absolute atomic E-state index is 1.00. The molecule has 43 heavy (non-hydrogen) atoms. The Labute approximate surface area is 285 Å². The zero-order valence-electron chi connectivity index (χ0n) is 26.7. The van der Waals surface area contributed by atoms with Crippen molar-refractivity contribution in [1.29, 1.82) is 0 Å². The first-order valence-corrected chi connectivity index (χ1v) is 17.4. The van der Waals surface area contributed by atoms with Gasteiger partial charge in [0.25, 0.3) is 0 Å². The van der Waals surface area contributed by atoms with Crippen LogP contribution in [-0.4, -0.2) is 48.9 Å². The van der Waals surface area contributed by atoms with Crippen LogP contribution in [0.2, 0.25) is 0 Å². The molecule has 0 bridgehead atoms. The zero-order valence-corrected chi connectivity index (χ0v) is 31.0. The van der Waals surface area contributed by atoms with Crippen molar-refractivity contribution in [2.45, 2.75) is 45.4 Å². The SMILES string of the molecule is CO.C[n+]1ccn(CCCn2cc[n+](C)c2)c1.C[n+]1ccn(CCCn2cc[n+](C)c2)c1.Cn1ccnc1.ICCCI. The summed E-state index contributed by atoms with van der Waals surface area (Å²) >= 11 is 4.77. The van der Waals surface area contributed by atoms with E-state index in [0.29, 0.717) is 0 Å². The van der Waals surface area contributed by atoms with Gasteiger partial charge in [-0.15, -0.1) is 0 Å². The Balaban J connectivity index is 0.000000308. The summed E-state index contributed by atoms with van der Waals surface area (Å²) in [6.45, 7) is 4.29. The molecule has 5 heterocycles. The van der Waals surface area contributed by atoms with Crippen LogP contribution in [-0.2, 0) is 61.4 Å². The zero-order chi connectivity index (χ0) is 31.9. The van der Waals surface area contributed by atoms with Crippen molar-refractivity contribution in [3.05, 3.63) is 93.6 Å². The first-order valence-electron chi connectivity index (χ1n) is 14.3. The number of aryl methyl sites for hydroxylation is 9. The van der Waals surface area contributed by atoms with Crippen LogP contribution in [0.25, 0.3) is 0 Å². The number of halogens is 2. The molecule has 0 radical (unpaired) electrons. The van der Waals surface area contributed by atoms with Crippen LogP contribution in [0, 0.1) is 0 Å². The molecular formula is C30H52I2N10O+4. The Morgan fingerprint density at radius 2 is 0.884 bits per heavy atom. The van der Waals surface area contributed by atoms with Gasteiger partial charge >= 0.3 is 0 Å². The van der Waals surface area contributed by atoms with Crippen molar-refractivity contribution in [1.82, 2.24) is 27.8 Å². The predicted octanol–water partition coefficient (Wildman–Crippen LogP) is 2.33. The number of aliphatic hydroxyl groups excluding tert-OH is 1. The van der Waals surface area contributed by atoms with E-state index in [0.717, 1.165) is 46.1 Å². The molecule has 5 rings (SSSR count). The molecule has 0 aliphatic rings. The molecule has 5 aromatic rings. The lowest BCUT2D eigenvalue weighted by Gasteiger charge is -1.94. The Bertz CT molecular complexity index is 1160. The second-order valence-electron chi connectivity index (χ2n) is 9.93. The summed E-state index contributed by atoms with van der Waals surface area (Å²) in [4.78, 5) is 3.78. The van der Waals surface area contributed by atoms with Gasteiger partial charge in [-0.1, -0.05) is 45.2 Å². The molecule has 0 unspecified atom stereocenters. The molecule has 0 saturated carbocycles. The Hall–Kier alpha value is -2.53. The van der Waals surface area contributed by atoms with Crippen LogP contribution in [0.4, 0.5) is 0 Å². The van der Waals surface area contributed by atoms with E-state index in [1.807, 2.05) is 46.0 Å². The highest BCUT2D eigenvalue weighted by molar-refractivity contribution is 14.1.